The predicted octanol–water partition coefficient (Wildman–Crippen LogP) is 2.79. The van der Waals surface area contributed by atoms with Crippen LogP contribution in [0.3, 0.4) is 0 Å². The van der Waals surface area contributed by atoms with E-state index < -0.39 is 0 Å². The number of morpholine rings is 1. The quantitative estimate of drug-likeness (QED) is 0.598. The summed E-state index contributed by atoms with van der Waals surface area (Å²) >= 11 is 1.70. The lowest BCUT2D eigenvalue weighted by atomic mass is 10.2. The van der Waals surface area contributed by atoms with Crippen LogP contribution >= 0.6 is 11.8 Å². The molecule has 6 heteroatoms. The monoisotopic (exact) mass is 380 g/mol. The van der Waals surface area contributed by atoms with Gasteiger partial charge in [-0.3, -0.25) is 9.69 Å². The van der Waals surface area contributed by atoms with Crippen molar-refractivity contribution in [2.24, 2.45) is 5.92 Å². The molecule has 0 saturated carbocycles. The molecule has 5 nitrogen and oxygen atoms in total. The van der Waals surface area contributed by atoms with Crippen LogP contribution in [0.15, 0.2) is 24.3 Å². The standard InChI is InChI=1S/C20H32N2O3S/c1-17(2)6-13-26-16-20(23)21-15-18-4-3-5-19(14-18)25-12-9-22-7-10-24-11-8-22/h3-5,14,17H,6-13,15-16H2,1-2H3,(H,21,23). The molecular formula is C20H32N2O3S. The molecule has 0 atom stereocenters. The molecule has 1 aromatic rings. The fraction of sp³-hybridized carbons (Fsp3) is 0.650. The third kappa shape index (κ3) is 8.92. The van der Waals surface area contributed by atoms with Gasteiger partial charge in [-0.05, 0) is 35.8 Å². The molecule has 0 spiro atoms. The minimum atomic E-state index is 0.0948. The van der Waals surface area contributed by atoms with Crippen molar-refractivity contribution in [1.29, 1.82) is 0 Å². The van der Waals surface area contributed by atoms with E-state index in [4.69, 9.17) is 9.47 Å². The Labute approximate surface area is 161 Å². The topological polar surface area (TPSA) is 50.8 Å². The largest absolute Gasteiger partial charge is 0.492 e. The third-order valence-electron chi connectivity index (χ3n) is 4.24. The van der Waals surface area contributed by atoms with Crippen molar-refractivity contribution in [3.05, 3.63) is 29.8 Å². The summed E-state index contributed by atoms with van der Waals surface area (Å²) in [4.78, 5) is 14.3. The van der Waals surface area contributed by atoms with Crippen LogP contribution in [0.25, 0.3) is 0 Å². The highest BCUT2D eigenvalue weighted by atomic mass is 32.2. The van der Waals surface area contributed by atoms with Crippen molar-refractivity contribution in [2.45, 2.75) is 26.8 Å². The molecular weight excluding hydrogens is 348 g/mol. The Balaban J connectivity index is 1.63. The molecule has 146 valence electrons. The summed E-state index contributed by atoms with van der Waals surface area (Å²) in [7, 11) is 0. The van der Waals surface area contributed by atoms with E-state index in [0.717, 1.165) is 56.3 Å². The number of ether oxygens (including phenoxy) is 2. The Kier molecular flexibility index (Phi) is 9.89. The Bertz CT molecular complexity index is 534. The smallest absolute Gasteiger partial charge is 0.230 e. The average molecular weight is 381 g/mol. The van der Waals surface area contributed by atoms with E-state index in [0.29, 0.717) is 24.8 Å². The van der Waals surface area contributed by atoms with E-state index in [-0.39, 0.29) is 5.91 Å². The number of nitrogens with one attached hydrogen (secondary N) is 1. The molecule has 1 fully saturated rings. The average Bonchev–Trinajstić information content (AvgIpc) is 2.65. The van der Waals surface area contributed by atoms with Crippen molar-refractivity contribution in [2.75, 3.05) is 51.0 Å². The molecule has 1 heterocycles. The normalized spacial score (nSPS) is 15.2. The van der Waals surface area contributed by atoms with Crippen LogP contribution in [0.1, 0.15) is 25.8 Å². The Morgan fingerprint density at radius 1 is 1.35 bits per heavy atom. The van der Waals surface area contributed by atoms with Crippen LogP contribution in [0.4, 0.5) is 0 Å². The summed E-state index contributed by atoms with van der Waals surface area (Å²) in [5.74, 6) is 3.21. The molecule has 0 aromatic heterocycles. The van der Waals surface area contributed by atoms with Crippen LogP contribution in [0, 0.1) is 5.92 Å². The minimum absolute atomic E-state index is 0.0948. The van der Waals surface area contributed by atoms with Crippen LogP contribution in [-0.2, 0) is 16.1 Å². The molecule has 1 saturated heterocycles. The molecule has 1 aliphatic rings. The molecule has 1 N–H and O–H groups in total. The first-order valence-corrected chi connectivity index (χ1v) is 10.6. The van der Waals surface area contributed by atoms with E-state index >= 15 is 0 Å². The second kappa shape index (κ2) is 12.2. The lowest BCUT2D eigenvalue weighted by Crippen LogP contribution is -2.38. The van der Waals surface area contributed by atoms with E-state index in [1.807, 2.05) is 24.3 Å². The Morgan fingerprint density at radius 3 is 2.92 bits per heavy atom. The predicted molar refractivity (Wildman–Crippen MR) is 108 cm³/mol. The first-order chi connectivity index (χ1) is 12.6. The Morgan fingerprint density at radius 2 is 2.15 bits per heavy atom. The van der Waals surface area contributed by atoms with Crippen LogP contribution in [0.5, 0.6) is 5.75 Å². The summed E-state index contributed by atoms with van der Waals surface area (Å²) in [6.07, 6.45) is 1.15. The number of carbonyl (C=O) groups is 1. The zero-order valence-corrected chi connectivity index (χ0v) is 16.9. The van der Waals surface area contributed by atoms with Crippen molar-refractivity contribution in [3.63, 3.8) is 0 Å². The van der Waals surface area contributed by atoms with Gasteiger partial charge in [-0.2, -0.15) is 11.8 Å². The lowest BCUT2D eigenvalue weighted by molar-refractivity contribution is -0.118. The van der Waals surface area contributed by atoms with E-state index in [2.05, 4.69) is 24.1 Å². The van der Waals surface area contributed by atoms with Gasteiger partial charge in [0.05, 0.1) is 19.0 Å². The van der Waals surface area contributed by atoms with Gasteiger partial charge in [0, 0.05) is 26.2 Å². The molecule has 1 amide bonds. The first-order valence-electron chi connectivity index (χ1n) is 9.50. The second-order valence-electron chi connectivity index (χ2n) is 6.96. The summed E-state index contributed by atoms with van der Waals surface area (Å²) in [6, 6.07) is 7.96. The number of benzene rings is 1. The molecule has 0 unspecified atom stereocenters. The maximum atomic E-state index is 11.9. The van der Waals surface area contributed by atoms with Gasteiger partial charge in [-0.15, -0.1) is 0 Å². The van der Waals surface area contributed by atoms with Gasteiger partial charge in [0.15, 0.2) is 0 Å². The van der Waals surface area contributed by atoms with E-state index in [1.165, 1.54) is 0 Å². The molecule has 0 aliphatic carbocycles. The minimum Gasteiger partial charge on any atom is -0.492 e. The van der Waals surface area contributed by atoms with Gasteiger partial charge >= 0.3 is 0 Å². The van der Waals surface area contributed by atoms with Gasteiger partial charge < -0.3 is 14.8 Å². The van der Waals surface area contributed by atoms with Gasteiger partial charge in [-0.25, -0.2) is 0 Å². The highest BCUT2D eigenvalue weighted by molar-refractivity contribution is 7.99. The molecule has 0 radical (unpaired) electrons. The van der Waals surface area contributed by atoms with Crippen molar-refractivity contribution < 1.29 is 14.3 Å². The fourth-order valence-electron chi connectivity index (χ4n) is 2.60. The number of thioether (sulfide) groups is 1. The number of hydrogen-bond donors (Lipinski definition) is 1. The van der Waals surface area contributed by atoms with Gasteiger partial charge in [0.25, 0.3) is 0 Å². The highest BCUT2D eigenvalue weighted by Gasteiger charge is 2.10. The summed E-state index contributed by atoms with van der Waals surface area (Å²) in [5.41, 5.74) is 1.06. The summed E-state index contributed by atoms with van der Waals surface area (Å²) < 4.78 is 11.2. The number of rotatable bonds is 11. The zero-order valence-electron chi connectivity index (χ0n) is 16.0. The maximum Gasteiger partial charge on any atom is 0.230 e. The highest BCUT2D eigenvalue weighted by Crippen LogP contribution is 2.14. The summed E-state index contributed by atoms with van der Waals surface area (Å²) in [6.45, 7) is 10.1. The van der Waals surface area contributed by atoms with E-state index in [9.17, 15) is 4.79 Å². The van der Waals surface area contributed by atoms with Crippen molar-refractivity contribution >= 4 is 17.7 Å². The summed E-state index contributed by atoms with van der Waals surface area (Å²) in [5, 5.41) is 2.98. The molecule has 1 aromatic carbocycles. The first kappa shape index (κ1) is 21.1. The fourth-order valence-corrected chi connectivity index (χ4v) is 3.67. The number of amides is 1. The molecule has 1 aliphatic heterocycles. The molecule has 26 heavy (non-hydrogen) atoms. The molecule has 2 rings (SSSR count). The van der Waals surface area contributed by atoms with Gasteiger partial charge in [-0.1, -0.05) is 26.0 Å². The van der Waals surface area contributed by atoms with Gasteiger partial charge in [0.1, 0.15) is 12.4 Å². The third-order valence-corrected chi connectivity index (χ3v) is 5.23. The second-order valence-corrected chi connectivity index (χ2v) is 8.07. The van der Waals surface area contributed by atoms with Crippen LogP contribution in [-0.4, -0.2) is 61.8 Å². The van der Waals surface area contributed by atoms with Gasteiger partial charge in [0.2, 0.25) is 5.91 Å². The number of carbonyl (C=O) groups excluding carboxylic acids is 1. The zero-order chi connectivity index (χ0) is 18.6. The maximum absolute atomic E-state index is 11.9. The van der Waals surface area contributed by atoms with Crippen molar-refractivity contribution in [3.8, 4) is 5.75 Å². The SMILES string of the molecule is CC(C)CCSCC(=O)NCc1cccc(OCCN2CCOCC2)c1. The number of nitrogens with zero attached hydrogens (tertiary/aromatic N) is 1. The number of hydrogen-bond acceptors (Lipinski definition) is 5. The lowest BCUT2D eigenvalue weighted by Gasteiger charge is -2.26. The van der Waals surface area contributed by atoms with Crippen molar-refractivity contribution in [1.82, 2.24) is 10.2 Å². The Hall–Kier alpha value is -1.24. The van der Waals surface area contributed by atoms with Crippen LogP contribution in [0.2, 0.25) is 0 Å². The van der Waals surface area contributed by atoms with E-state index in [1.54, 1.807) is 11.8 Å². The molecule has 0 bridgehead atoms. The van der Waals surface area contributed by atoms with Crippen LogP contribution < -0.4 is 10.1 Å².